The summed E-state index contributed by atoms with van der Waals surface area (Å²) in [6, 6.07) is 11.4. The van der Waals surface area contributed by atoms with Gasteiger partial charge in [0.1, 0.15) is 30.3 Å². The van der Waals surface area contributed by atoms with E-state index in [2.05, 4.69) is 10.3 Å². The van der Waals surface area contributed by atoms with Crippen molar-refractivity contribution in [3.63, 3.8) is 0 Å². The lowest BCUT2D eigenvalue weighted by Crippen LogP contribution is -2.10. The van der Waals surface area contributed by atoms with E-state index in [0.29, 0.717) is 12.3 Å². The number of benzene rings is 1. The largest absolute Gasteiger partial charge is 0.487 e. The van der Waals surface area contributed by atoms with Crippen LogP contribution in [0.5, 0.6) is 5.75 Å². The fourth-order valence-electron chi connectivity index (χ4n) is 1.55. The Kier molecular flexibility index (Phi) is 3.89. The second-order valence-electron chi connectivity index (χ2n) is 3.60. The molecule has 0 spiro atoms. The van der Waals surface area contributed by atoms with Crippen molar-refractivity contribution in [2.24, 2.45) is 5.73 Å². The Morgan fingerprint density at radius 2 is 2.11 bits per heavy atom. The van der Waals surface area contributed by atoms with Crippen LogP contribution >= 0.6 is 0 Å². The summed E-state index contributed by atoms with van der Waals surface area (Å²) in [6.45, 7) is 0.713. The molecule has 1 aromatic heterocycles. The number of ether oxygens (including phenoxy) is 1. The molecule has 0 amide bonds. The van der Waals surface area contributed by atoms with Crippen LogP contribution in [-0.2, 0) is 19.7 Å². The third-order valence-corrected chi connectivity index (χ3v) is 2.45. The van der Waals surface area contributed by atoms with Gasteiger partial charge in [0.25, 0.3) is 0 Å². The van der Waals surface area contributed by atoms with E-state index >= 15 is 0 Å². The lowest BCUT2D eigenvalue weighted by Gasteiger charge is -2.07. The molecule has 0 aliphatic rings. The summed E-state index contributed by atoms with van der Waals surface area (Å²) in [5.41, 5.74) is 6.97. The second kappa shape index (κ2) is 5.80. The van der Waals surface area contributed by atoms with E-state index in [-0.39, 0.29) is 13.1 Å². The molecule has 1 heterocycles. The highest BCUT2D eigenvalue weighted by atomic mass is 16.5. The number of nitriles is 1. The van der Waals surface area contributed by atoms with E-state index in [1.807, 2.05) is 36.4 Å². The molecule has 0 fully saturated rings. The molecule has 2 aromatic rings. The molecule has 6 heteroatoms. The first-order valence-corrected chi connectivity index (χ1v) is 5.51. The second-order valence-corrected chi connectivity index (χ2v) is 3.60. The summed E-state index contributed by atoms with van der Waals surface area (Å²) in [5, 5.41) is 16.5. The van der Waals surface area contributed by atoms with E-state index in [9.17, 15) is 0 Å². The van der Waals surface area contributed by atoms with E-state index in [1.165, 1.54) is 4.68 Å². The van der Waals surface area contributed by atoms with Gasteiger partial charge < -0.3 is 10.5 Å². The van der Waals surface area contributed by atoms with E-state index < -0.39 is 0 Å². The molecule has 6 nitrogen and oxygen atoms in total. The molecule has 0 unspecified atom stereocenters. The molecule has 0 aliphatic carbocycles. The third-order valence-electron chi connectivity index (χ3n) is 2.45. The SMILES string of the molecule is N#CCn1nnc(CN)c1COc1ccccc1. The molecule has 2 N–H and O–H groups in total. The monoisotopic (exact) mass is 243 g/mol. The average molecular weight is 243 g/mol. The Bertz CT molecular complexity index is 543. The molecule has 0 aliphatic heterocycles. The maximum atomic E-state index is 8.70. The number of nitrogens with two attached hydrogens (primary N) is 1. The molecule has 1 aromatic carbocycles. The van der Waals surface area contributed by atoms with Crippen molar-refractivity contribution in [1.29, 1.82) is 5.26 Å². The summed E-state index contributed by atoms with van der Waals surface area (Å²) >= 11 is 0. The predicted octanol–water partition coefficient (Wildman–Crippen LogP) is 0.839. The fourth-order valence-corrected chi connectivity index (χ4v) is 1.55. The minimum atomic E-state index is 0.139. The van der Waals surface area contributed by atoms with Crippen LogP contribution in [0.4, 0.5) is 0 Å². The van der Waals surface area contributed by atoms with Crippen molar-refractivity contribution in [3.8, 4) is 11.8 Å². The summed E-state index contributed by atoms with van der Waals surface area (Å²) in [4.78, 5) is 0. The highest BCUT2D eigenvalue weighted by Crippen LogP contribution is 2.13. The molecular formula is C12H13N5O. The standard InChI is InChI=1S/C12H13N5O/c13-6-7-17-12(11(8-14)15-16-17)9-18-10-4-2-1-3-5-10/h1-5H,7-9,14H2. The van der Waals surface area contributed by atoms with Crippen LogP contribution in [0, 0.1) is 11.3 Å². The van der Waals surface area contributed by atoms with Crippen LogP contribution in [0.15, 0.2) is 30.3 Å². The quantitative estimate of drug-likeness (QED) is 0.840. The lowest BCUT2D eigenvalue weighted by atomic mass is 10.3. The van der Waals surface area contributed by atoms with Gasteiger partial charge in [-0.1, -0.05) is 23.4 Å². The van der Waals surface area contributed by atoms with Crippen molar-refractivity contribution in [2.75, 3.05) is 0 Å². The number of rotatable bonds is 5. The number of nitrogens with zero attached hydrogens (tertiary/aromatic N) is 4. The van der Waals surface area contributed by atoms with Crippen molar-refractivity contribution in [1.82, 2.24) is 15.0 Å². The molecule has 0 saturated heterocycles. The van der Waals surface area contributed by atoms with E-state index in [0.717, 1.165) is 11.4 Å². The first-order chi connectivity index (χ1) is 8.85. The summed E-state index contributed by atoms with van der Waals surface area (Å²) in [5.74, 6) is 0.755. The third kappa shape index (κ3) is 2.64. The van der Waals surface area contributed by atoms with Crippen LogP contribution in [0.2, 0.25) is 0 Å². The minimum absolute atomic E-state index is 0.139. The minimum Gasteiger partial charge on any atom is -0.487 e. The Hall–Kier alpha value is -2.39. The summed E-state index contributed by atoms with van der Waals surface area (Å²) in [7, 11) is 0. The highest BCUT2D eigenvalue weighted by Gasteiger charge is 2.11. The number of aromatic nitrogens is 3. The van der Waals surface area contributed by atoms with Gasteiger partial charge in [-0.05, 0) is 12.1 Å². The molecular weight excluding hydrogens is 230 g/mol. The number of hydrogen-bond donors (Lipinski definition) is 1. The summed E-state index contributed by atoms with van der Waals surface area (Å²) < 4.78 is 7.12. The van der Waals surface area contributed by atoms with E-state index in [1.54, 1.807) is 0 Å². The van der Waals surface area contributed by atoms with Crippen LogP contribution in [0.3, 0.4) is 0 Å². The number of hydrogen-bond acceptors (Lipinski definition) is 5. The van der Waals surface area contributed by atoms with Gasteiger partial charge in [-0.25, -0.2) is 4.68 Å². The van der Waals surface area contributed by atoms with Crippen LogP contribution in [0.1, 0.15) is 11.4 Å². The number of para-hydroxylation sites is 1. The molecule has 18 heavy (non-hydrogen) atoms. The molecule has 0 radical (unpaired) electrons. The Balaban J connectivity index is 2.13. The normalized spacial score (nSPS) is 10.0. The average Bonchev–Trinajstić information content (AvgIpc) is 2.80. The van der Waals surface area contributed by atoms with Crippen molar-refractivity contribution < 1.29 is 4.74 Å². The highest BCUT2D eigenvalue weighted by molar-refractivity contribution is 5.21. The summed E-state index contributed by atoms with van der Waals surface area (Å²) in [6.07, 6.45) is 0. The molecule has 92 valence electrons. The Labute approximate surface area is 105 Å². The predicted molar refractivity (Wildman–Crippen MR) is 64.3 cm³/mol. The Morgan fingerprint density at radius 3 is 2.78 bits per heavy atom. The topological polar surface area (TPSA) is 89.8 Å². The van der Waals surface area contributed by atoms with Gasteiger partial charge in [0, 0.05) is 6.54 Å². The van der Waals surface area contributed by atoms with Gasteiger partial charge in [0.05, 0.1) is 6.07 Å². The fraction of sp³-hybridized carbons (Fsp3) is 0.250. The van der Waals surface area contributed by atoms with Crippen LogP contribution in [-0.4, -0.2) is 15.0 Å². The van der Waals surface area contributed by atoms with Gasteiger partial charge in [-0.3, -0.25) is 0 Å². The van der Waals surface area contributed by atoms with E-state index in [4.69, 9.17) is 15.7 Å². The Morgan fingerprint density at radius 1 is 1.33 bits per heavy atom. The van der Waals surface area contributed by atoms with Gasteiger partial charge >= 0.3 is 0 Å². The van der Waals surface area contributed by atoms with Crippen molar-refractivity contribution in [2.45, 2.75) is 19.7 Å². The molecule has 0 saturated carbocycles. The first-order valence-electron chi connectivity index (χ1n) is 5.51. The van der Waals surface area contributed by atoms with Crippen LogP contribution in [0.25, 0.3) is 0 Å². The zero-order chi connectivity index (χ0) is 12.8. The zero-order valence-electron chi connectivity index (χ0n) is 9.78. The van der Waals surface area contributed by atoms with Crippen LogP contribution < -0.4 is 10.5 Å². The molecule has 2 rings (SSSR count). The maximum absolute atomic E-state index is 8.70. The smallest absolute Gasteiger partial charge is 0.132 e. The zero-order valence-corrected chi connectivity index (χ0v) is 9.78. The van der Waals surface area contributed by atoms with Gasteiger partial charge in [0.2, 0.25) is 0 Å². The van der Waals surface area contributed by atoms with Crippen molar-refractivity contribution in [3.05, 3.63) is 41.7 Å². The molecule has 0 bridgehead atoms. The van der Waals surface area contributed by atoms with Crippen molar-refractivity contribution >= 4 is 0 Å². The van der Waals surface area contributed by atoms with Gasteiger partial charge in [-0.2, -0.15) is 5.26 Å². The van der Waals surface area contributed by atoms with Gasteiger partial charge in [-0.15, -0.1) is 5.10 Å². The first kappa shape index (κ1) is 12.1. The molecule has 0 atom stereocenters. The maximum Gasteiger partial charge on any atom is 0.132 e. The van der Waals surface area contributed by atoms with Gasteiger partial charge in [0.15, 0.2) is 0 Å². The lowest BCUT2D eigenvalue weighted by molar-refractivity contribution is 0.292.